The molecule has 0 aliphatic rings. The van der Waals surface area contributed by atoms with Gasteiger partial charge in [-0.15, -0.1) is 0 Å². The number of benzene rings is 6. The highest BCUT2D eigenvalue weighted by atomic mass is 16.3. The monoisotopic (exact) mass is 564 g/mol. The lowest BCUT2D eigenvalue weighted by atomic mass is 9.97. The van der Waals surface area contributed by atoms with Crippen molar-refractivity contribution in [2.45, 2.75) is 0 Å². The fourth-order valence-electron chi connectivity index (χ4n) is 6.17. The summed E-state index contributed by atoms with van der Waals surface area (Å²) in [6, 6.07) is 49.8. The minimum atomic E-state index is 0.584. The second-order valence-electron chi connectivity index (χ2n) is 11.0. The van der Waals surface area contributed by atoms with Crippen LogP contribution in [0.4, 0.5) is 0 Å². The van der Waals surface area contributed by atoms with Crippen molar-refractivity contribution >= 4 is 43.7 Å². The summed E-state index contributed by atoms with van der Waals surface area (Å²) in [6.45, 7) is 0. The molecule has 0 saturated heterocycles. The van der Waals surface area contributed by atoms with E-state index in [1.807, 2.05) is 66.7 Å². The third-order valence-corrected chi connectivity index (χ3v) is 8.33. The Bertz CT molecular complexity index is 2460. The van der Waals surface area contributed by atoms with Crippen LogP contribution in [-0.2, 0) is 0 Å². The molecule has 0 aliphatic carbocycles. The van der Waals surface area contributed by atoms with Gasteiger partial charge in [0.25, 0.3) is 0 Å². The Morgan fingerprint density at radius 1 is 0.409 bits per heavy atom. The van der Waals surface area contributed by atoms with E-state index in [-0.39, 0.29) is 0 Å². The van der Waals surface area contributed by atoms with Gasteiger partial charge < -0.3 is 8.83 Å². The molecule has 0 fully saturated rings. The predicted molar refractivity (Wildman–Crippen MR) is 178 cm³/mol. The normalized spacial score (nSPS) is 11.6. The van der Waals surface area contributed by atoms with Crippen LogP contribution in [0.3, 0.4) is 0 Å². The number of fused-ring (bicyclic) bond motifs is 5. The molecule has 0 N–H and O–H groups in total. The van der Waals surface area contributed by atoms with Gasteiger partial charge in [-0.2, -0.15) is 0 Å². The number of furan rings is 2. The molecular weight excluding hydrogens is 540 g/mol. The summed E-state index contributed by atoms with van der Waals surface area (Å²) in [4.78, 5) is 10.2. The summed E-state index contributed by atoms with van der Waals surface area (Å²) in [5.74, 6) is 1.28. The molecule has 0 spiro atoms. The quantitative estimate of drug-likeness (QED) is 0.213. The van der Waals surface area contributed by atoms with E-state index in [4.69, 9.17) is 18.8 Å². The maximum atomic E-state index is 6.37. The zero-order valence-corrected chi connectivity index (χ0v) is 23.6. The lowest BCUT2D eigenvalue weighted by Crippen LogP contribution is -1.96. The van der Waals surface area contributed by atoms with Crippen LogP contribution >= 0.6 is 0 Å². The van der Waals surface area contributed by atoms with Crippen molar-refractivity contribution in [3.63, 3.8) is 0 Å². The van der Waals surface area contributed by atoms with E-state index in [1.165, 1.54) is 16.3 Å². The highest BCUT2D eigenvalue weighted by Gasteiger charge is 2.18. The molecule has 9 aromatic rings. The van der Waals surface area contributed by atoms with Crippen LogP contribution in [0.25, 0.3) is 88.9 Å². The van der Waals surface area contributed by atoms with Crippen LogP contribution in [0.2, 0.25) is 0 Å². The van der Waals surface area contributed by atoms with E-state index in [1.54, 1.807) is 0 Å². The summed E-state index contributed by atoms with van der Waals surface area (Å²) in [6.07, 6.45) is 0. The van der Waals surface area contributed by atoms with E-state index in [2.05, 4.69) is 78.9 Å². The van der Waals surface area contributed by atoms with Crippen LogP contribution in [0.15, 0.2) is 154 Å². The molecule has 44 heavy (non-hydrogen) atoms. The number of nitrogens with zero attached hydrogens (tertiary/aromatic N) is 2. The van der Waals surface area contributed by atoms with E-state index in [0.29, 0.717) is 17.3 Å². The SMILES string of the molecule is c1ccc2oc(-c3cc(-c4ccc(-c5cccc6ccccc56)cc4)nc(-c4cccc5c4oc4ccccc45)n3)cc2c1. The Kier molecular flexibility index (Phi) is 5.47. The molecule has 0 aliphatic heterocycles. The molecule has 0 saturated carbocycles. The Balaban J connectivity index is 1.22. The van der Waals surface area contributed by atoms with E-state index in [0.717, 1.165) is 55.3 Å². The molecule has 3 heterocycles. The van der Waals surface area contributed by atoms with Gasteiger partial charge in [0.2, 0.25) is 0 Å². The van der Waals surface area contributed by atoms with Crippen LogP contribution in [0, 0.1) is 0 Å². The maximum absolute atomic E-state index is 6.37. The van der Waals surface area contributed by atoms with Crippen molar-refractivity contribution < 1.29 is 8.83 Å². The third-order valence-electron chi connectivity index (χ3n) is 8.33. The first-order valence-corrected chi connectivity index (χ1v) is 14.7. The minimum Gasteiger partial charge on any atom is -0.455 e. The largest absolute Gasteiger partial charge is 0.455 e. The summed E-state index contributed by atoms with van der Waals surface area (Å²) < 4.78 is 12.6. The van der Waals surface area contributed by atoms with Crippen LogP contribution < -0.4 is 0 Å². The second kappa shape index (κ2) is 9.79. The van der Waals surface area contributed by atoms with Crippen molar-refractivity contribution in [2.75, 3.05) is 0 Å². The minimum absolute atomic E-state index is 0.584. The Hall–Kier alpha value is -6.00. The number of hydrogen-bond acceptors (Lipinski definition) is 4. The van der Waals surface area contributed by atoms with Crippen LogP contribution in [0.1, 0.15) is 0 Å². The number of para-hydroxylation sites is 3. The maximum Gasteiger partial charge on any atom is 0.164 e. The van der Waals surface area contributed by atoms with Crippen molar-refractivity contribution in [1.82, 2.24) is 9.97 Å². The molecule has 206 valence electrons. The number of rotatable bonds is 4. The molecule has 3 aromatic heterocycles. The molecule has 6 aromatic carbocycles. The van der Waals surface area contributed by atoms with E-state index < -0.39 is 0 Å². The molecule has 4 heteroatoms. The van der Waals surface area contributed by atoms with E-state index >= 15 is 0 Å². The van der Waals surface area contributed by atoms with Gasteiger partial charge in [-0.3, -0.25) is 0 Å². The van der Waals surface area contributed by atoms with Crippen LogP contribution in [-0.4, -0.2) is 9.97 Å². The highest BCUT2D eigenvalue weighted by molar-refractivity contribution is 6.09. The van der Waals surface area contributed by atoms with Crippen molar-refractivity contribution in [1.29, 1.82) is 0 Å². The van der Waals surface area contributed by atoms with Gasteiger partial charge in [-0.25, -0.2) is 9.97 Å². The first-order chi connectivity index (χ1) is 21.8. The molecule has 0 radical (unpaired) electrons. The molecule has 0 amide bonds. The Morgan fingerprint density at radius 3 is 1.91 bits per heavy atom. The van der Waals surface area contributed by atoms with Gasteiger partial charge in [0, 0.05) is 21.7 Å². The predicted octanol–water partition coefficient (Wildman–Crippen LogP) is 10.9. The average Bonchev–Trinajstić information content (AvgIpc) is 3.70. The zero-order chi connectivity index (χ0) is 29.0. The standard InChI is InChI=1S/C40H24N2O2/c1-3-12-29-25(9-1)11-7-14-30(29)26-19-21-27(22-20-26)34-24-35(38-23-28-10-2-5-17-36(28)43-38)42-40(41-34)33-16-8-15-32-31-13-4-6-18-37(31)44-39(32)33/h1-24H. The number of aromatic nitrogens is 2. The Labute approximate surface area is 252 Å². The smallest absolute Gasteiger partial charge is 0.164 e. The molecule has 9 rings (SSSR count). The van der Waals surface area contributed by atoms with Crippen molar-refractivity contribution in [3.8, 4) is 45.2 Å². The van der Waals surface area contributed by atoms with Gasteiger partial charge in [-0.05, 0) is 52.2 Å². The topological polar surface area (TPSA) is 52.1 Å². The zero-order valence-electron chi connectivity index (χ0n) is 23.6. The van der Waals surface area contributed by atoms with E-state index in [9.17, 15) is 0 Å². The van der Waals surface area contributed by atoms with Crippen molar-refractivity contribution in [3.05, 3.63) is 146 Å². The fourth-order valence-corrected chi connectivity index (χ4v) is 6.17. The Morgan fingerprint density at radius 2 is 1.05 bits per heavy atom. The highest BCUT2D eigenvalue weighted by Crippen LogP contribution is 2.37. The third kappa shape index (κ3) is 4.00. The molecule has 0 atom stereocenters. The van der Waals surface area contributed by atoms with Crippen LogP contribution in [0.5, 0.6) is 0 Å². The van der Waals surface area contributed by atoms with Gasteiger partial charge in [0.05, 0.1) is 11.3 Å². The summed E-state index contributed by atoms with van der Waals surface area (Å²) in [5.41, 5.74) is 8.15. The van der Waals surface area contributed by atoms with Crippen molar-refractivity contribution in [2.24, 2.45) is 0 Å². The summed E-state index contributed by atoms with van der Waals surface area (Å²) in [7, 11) is 0. The average molecular weight is 565 g/mol. The second-order valence-corrected chi connectivity index (χ2v) is 11.0. The van der Waals surface area contributed by atoms with Gasteiger partial charge in [0.15, 0.2) is 11.6 Å². The molecule has 0 unspecified atom stereocenters. The first kappa shape index (κ1) is 24.6. The molecule has 4 nitrogen and oxygen atoms in total. The lowest BCUT2D eigenvalue weighted by molar-refractivity contribution is 0.628. The number of hydrogen-bond donors (Lipinski definition) is 0. The summed E-state index contributed by atoms with van der Waals surface area (Å²) >= 11 is 0. The first-order valence-electron chi connectivity index (χ1n) is 14.7. The molecule has 0 bridgehead atoms. The van der Waals surface area contributed by atoms with Gasteiger partial charge in [-0.1, -0.05) is 115 Å². The molecular formula is C40H24N2O2. The van der Waals surface area contributed by atoms with Gasteiger partial charge >= 0.3 is 0 Å². The summed E-state index contributed by atoms with van der Waals surface area (Å²) in [5, 5.41) is 5.60. The van der Waals surface area contributed by atoms with Gasteiger partial charge in [0.1, 0.15) is 22.4 Å². The lowest BCUT2D eigenvalue weighted by Gasteiger charge is -2.10. The fraction of sp³-hybridized carbons (Fsp3) is 0.